The first-order valence-corrected chi connectivity index (χ1v) is 8.40. The van der Waals surface area contributed by atoms with Crippen molar-refractivity contribution in [1.82, 2.24) is 14.5 Å². The summed E-state index contributed by atoms with van der Waals surface area (Å²) in [6.45, 7) is 0.924. The summed E-state index contributed by atoms with van der Waals surface area (Å²) in [4.78, 5) is 8.70. The summed E-state index contributed by atoms with van der Waals surface area (Å²) in [5.74, 6) is 0.915. The molecule has 5 heteroatoms. The molecule has 0 aliphatic rings. The first-order valence-electron chi connectivity index (χ1n) is 7.42. The third-order valence-corrected chi connectivity index (χ3v) is 4.49. The third kappa shape index (κ3) is 3.99. The van der Waals surface area contributed by atoms with Crippen molar-refractivity contribution in [2.45, 2.75) is 18.0 Å². The number of rotatable bonds is 6. The van der Waals surface area contributed by atoms with Crippen LogP contribution in [0.15, 0.2) is 66.2 Å². The van der Waals surface area contributed by atoms with E-state index in [4.69, 9.17) is 0 Å². The summed E-state index contributed by atoms with van der Waals surface area (Å²) in [6, 6.07) is 16.0. The van der Waals surface area contributed by atoms with Crippen molar-refractivity contribution in [2.24, 2.45) is 0 Å². The van der Waals surface area contributed by atoms with Crippen molar-refractivity contribution in [3.8, 4) is 17.3 Å². The van der Waals surface area contributed by atoms with Gasteiger partial charge in [0, 0.05) is 30.3 Å². The van der Waals surface area contributed by atoms with Crippen LogP contribution in [-0.2, 0) is 6.54 Å². The Morgan fingerprint density at radius 3 is 2.74 bits per heavy atom. The lowest BCUT2D eigenvalue weighted by molar-refractivity contribution is 0.683. The molecule has 0 bridgehead atoms. The van der Waals surface area contributed by atoms with Gasteiger partial charge >= 0.3 is 0 Å². The molecule has 0 spiro atoms. The van der Waals surface area contributed by atoms with Crippen molar-refractivity contribution in [1.29, 1.82) is 5.26 Å². The minimum Gasteiger partial charge on any atom is -0.337 e. The molecule has 0 aliphatic heterocycles. The molecular formula is C18H16N4S. The first kappa shape index (κ1) is 15.3. The predicted molar refractivity (Wildman–Crippen MR) is 92.0 cm³/mol. The van der Waals surface area contributed by atoms with E-state index in [-0.39, 0.29) is 0 Å². The normalized spacial score (nSPS) is 10.4. The molecule has 114 valence electrons. The maximum Gasteiger partial charge on any atom is 0.115 e. The maximum absolute atomic E-state index is 9.27. The lowest BCUT2D eigenvalue weighted by atomic mass is 10.1. The largest absolute Gasteiger partial charge is 0.337 e. The van der Waals surface area contributed by atoms with Crippen LogP contribution in [0.4, 0.5) is 0 Å². The number of nitrogens with zero attached hydrogens (tertiary/aromatic N) is 4. The van der Waals surface area contributed by atoms with Gasteiger partial charge in [0.15, 0.2) is 0 Å². The van der Waals surface area contributed by atoms with E-state index in [2.05, 4.69) is 20.6 Å². The molecule has 1 aromatic carbocycles. The average Bonchev–Trinajstić information content (AvgIpc) is 3.13. The van der Waals surface area contributed by atoms with Crippen LogP contribution in [-0.4, -0.2) is 20.3 Å². The Balaban J connectivity index is 1.68. The van der Waals surface area contributed by atoms with Gasteiger partial charge < -0.3 is 4.57 Å². The average molecular weight is 320 g/mol. The van der Waals surface area contributed by atoms with Crippen LogP contribution >= 0.6 is 11.8 Å². The molecule has 23 heavy (non-hydrogen) atoms. The van der Waals surface area contributed by atoms with E-state index >= 15 is 0 Å². The molecule has 4 nitrogen and oxygen atoms in total. The minimum atomic E-state index is 0.636. The Kier molecular flexibility index (Phi) is 5.07. The molecule has 0 atom stereocenters. The molecule has 0 unspecified atom stereocenters. The molecule has 0 aliphatic carbocycles. The van der Waals surface area contributed by atoms with Gasteiger partial charge in [-0.2, -0.15) is 5.26 Å². The molecule has 2 aromatic heterocycles. The number of imidazole rings is 1. The Bertz CT molecular complexity index is 792. The number of benzene rings is 1. The van der Waals surface area contributed by atoms with Gasteiger partial charge in [-0.25, -0.2) is 9.97 Å². The second-order valence-corrected chi connectivity index (χ2v) is 6.11. The van der Waals surface area contributed by atoms with E-state index in [0.29, 0.717) is 5.56 Å². The molecule has 3 rings (SSSR count). The summed E-state index contributed by atoms with van der Waals surface area (Å²) in [7, 11) is 0. The van der Waals surface area contributed by atoms with E-state index in [1.54, 1.807) is 18.0 Å². The van der Waals surface area contributed by atoms with Gasteiger partial charge in [0.25, 0.3) is 0 Å². The Morgan fingerprint density at radius 1 is 1.13 bits per heavy atom. The van der Waals surface area contributed by atoms with Crippen LogP contribution in [0.2, 0.25) is 0 Å². The van der Waals surface area contributed by atoms with Crippen molar-refractivity contribution in [2.75, 3.05) is 5.75 Å². The van der Waals surface area contributed by atoms with Crippen molar-refractivity contribution < 1.29 is 0 Å². The number of aromatic nitrogens is 3. The lowest BCUT2D eigenvalue weighted by Gasteiger charge is -2.07. The van der Waals surface area contributed by atoms with Crippen LogP contribution < -0.4 is 0 Å². The lowest BCUT2D eigenvalue weighted by Crippen LogP contribution is -1.97. The quantitative estimate of drug-likeness (QED) is 0.509. The highest BCUT2D eigenvalue weighted by Crippen LogP contribution is 2.25. The summed E-state index contributed by atoms with van der Waals surface area (Å²) < 4.78 is 2.06. The molecule has 0 fully saturated rings. The van der Waals surface area contributed by atoms with Gasteiger partial charge in [0.2, 0.25) is 0 Å². The summed E-state index contributed by atoms with van der Waals surface area (Å²) in [6.07, 6.45) is 6.56. The number of aryl methyl sites for hydroxylation is 1. The highest BCUT2D eigenvalue weighted by molar-refractivity contribution is 7.99. The maximum atomic E-state index is 9.27. The zero-order valence-corrected chi connectivity index (χ0v) is 13.4. The number of thioether (sulfide) groups is 1. The van der Waals surface area contributed by atoms with Crippen molar-refractivity contribution in [3.63, 3.8) is 0 Å². The van der Waals surface area contributed by atoms with E-state index in [9.17, 15) is 5.26 Å². The Morgan fingerprint density at radius 2 is 2.00 bits per heavy atom. The molecule has 0 N–H and O–H groups in total. The molecule has 0 saturated carbocycles. The molecule has 2 heterocycles. The van der Waals surface area contributed by atoms with Crippen molar-refractivity contribution in [3.05, 3.63) is 66.7 Å². The standard InChI is InChI=1S/C18H16N4S/c19-13-16-7-8-17(15-5-2-1-3-6-15)21-18(16)23-12-4-10-22-11-9-20-14-22/h1-3,5-9,11,14H,4,10,12H2. The Labute approximate surface area is 139 Å². The third-order valence-electron chi connectivity index (χ3n) is 3.41. The fraction of sp³-hybridized carbons (Fsp3) is 0.167. The van der Waals surface area contributed by atoms with Crippen LogP contribution in [0.25, 0.3) is 11.3 Å². The van der Waals surface area contributed by atoms with Crippen LogP contribution in [0.3, 0.4) is 0 Å². The second kappa shape index (κ2) is 7.61. The van der Waals surface area contributed by atoms with Gasteiger partial charge in [0.1, 0.15) is 11.1 Å². The molecule has 3 aromatic rings. The first-order chi connectivity index (χ1) is 11.4. The number of hydrogen-bond donors (Lipinski definition) is 0. The predicted octanol–water partition coefficient (Wildman–Crippen LogP) is 4.00. The SMILES string of the molecule is N#Cc1ccc(-c2ccccc2)nc1SCCCn1ccnc1. The van der Waals surface area contributed by atoms with E-state index < -0.39 is 0 Å². The van der Waals surface area contributed by atoms with Crippen LogP contribution in [0.5, 0.6) is 0 Å². The fourth-order valence-electron chi connectivity index (χ4n) is 2.24. The van der Waals surface area contributed by atoms with Gasteiger partial charge in [0.05, 0.1) is 17.6 Å². The minimum absolute atomic E-state index is 0.636. The summed E-state index contributed by atoms with van der Waals surface area (Å²) in [5, 5.41) is 10.1. The van der Waals surface area contributed by atoms with E-state index in [1.807, 2.05) is 55.0 Å². The molecule has 0 radical (unpaired) electrons. The van der Waals surface area contributed by atoms with Gasteiger partial charge in [-0.1, -0.05) is 30.3 Å². The summed E-state index contributed by atoms with van der Waals surface area (Å²) in [5.41, 5.74) is 2.61. The molecule has 0 saturated heterocycles. The number of pyridine rings is 1. The van der Waals surface area contributed by atoms with E-state index in [1.165, 1.54) is 0 Å². The zero-order chi connectivity index (χ0) is 15.9. The van der Waals surface area contributed by atoms with E-state index in [0.717, 1.165) is 35.0 Å². The molecule has 0 amide bonds. The van der Waals surface area contributed by atoms with Gasteiger partial charge in [-0.15, -0.1) is 11.8 Å². The Hall–Kier alpha value is -2.58. The number of hydrogen-bond acceptors (Lipinski definition) is 4. The fourth-order valence-corrected chi connectivity index (χ4v) is 3.14. The highest BCUT2D eigenvalue weighted by Gasteiger charge is 2.07. The van der Waals surface area contributed by atoms with Gasteiger partial charge in [-0.05, 0) is 18.6 Å². The topological polar surface area (TPSA) is 54.5 Å². The summed E-state index contributed by atoms with van der Waals surface area (Å²) >= 11 is 1.63. The van der Waals surface area contributed by atoms with Crippen LogP contribution in [0.1, 0.15) is 12.0 Å². The highest BCUT2D eigenvalue weighted by atomic mass is 32.2. The monoisotopic (exact) mass is 320 g/mol. The smallest absolute Gasteiger partial charge is 0.115 e. The molecular weight excluding hydrogens is 304 g/mol. The van der Waals surface area contributed by atoms with Crippen molar-refractivity contribution >= 4 is 11.8 Å². The zero-order valence-electron chi connectivity index (χ0n) is 12.6. The van der Waals surface area contributed by atoms with Crippen LogP contribution in [0, 0.1) is 11.3 Å². The second-order valence-electron chi connectivity index (χ2n) is 5.03. The van der Waals surface area contributed by atoms with Gasteiger partial charge in [-0.3, -0.25) is 0 Å². The number of nitriles is 1.